The van der Waals surface area contributed by atoms with E-state index in [-0.39, 0.29) is 5.31 Å². The monoisotopic (exact) mass is 224 g/mol. The lowest BCUT2D eigenvalue weighted by atomic mass is 10.0. The molecule has 0 aliphatic rings. The van der Waals surface area contributed by atoms with Crippen molar-refractivity contribution in [3.8, 4) is 0 Å². The fourth-order valence-corrected chi connectivity index (χ4v) is 0.799. The van der Waals surface area contributed by atoms with Crippen LogP contribution in [0.2, 0.25) is 1.41 Å². The Balaban J connectivity index is 5.35. The zero-order chi connectivity index (χ0) is 14.7. The molecule has 0 saturated carbocycles. The second-order valence-corrected chi connectivity index (χ2v) is 2.80. The van der Waals surface area contributed by atoms with Crippen LogP contribution in [0.5, 0.6) is 0 Å². The fourth-order valence-electron chi connectivity index (χ4n) is 0.799. The van der Waals surface area contributed by atoms with Gasteiger partial charge in [0, 0.05) is 6.92 Å². The van der Waals surface area contributed by atoms with Crippen LogP contribution in [0.3, 0.4) is 0 Å². The van der Waals surface area contributed by atoms with E-state index in [1.807, 2.05) is 0 Å². The first-order valence-corrected chi connectivity index (χ1v) is 4.06. The Kier molecular flexibility index (Phi) is 3.97. The first kappa shape index (κ1) is 9.22. The highest BCUT2D eigenvalue weighted by atomic mass is 16.4. The highest BCUT2D eigenvalue weighted by molar-refractivity contribution is 5.77. The standard InChI is InChI=1S/C8H15NO6/c1-4(12)9-5(2-10)7(14)8(15)6(13)3-11/h2,5-8,11,13-15H,3H2,1H3,(H,9,12)/t5-,6-,7-,8-/m1/s1/i2D,5D/hD. The molecule has 0 aliphatic heterocycles. The topological polar surface area (TPSA) is 127 Å². The van der Waals surface area contributed by atoms with Gasteiger partial charge in [-0.3, -0.25) is 4.79 Å². The summed E-state index contributed by atoms with van der Waals surface area (Å²) in [7, 11) is 0. The minimum Gasteiger partial charge on any atom is -0.394 e. The number of carbonyl (C=O) groups is 2. The SMILES string of the molecule is [2H]C(=O)[C@]([2H])([C@@H](O)[C@H](O)[C@H](O)CO)N([2H])C(C)=O. The average molecular weight is 224 g/mol. The van der Waals surface area contributed by atoms with Crippen LogP contribution in [0.15, 0.2) is 0 Å². The van der Waals surface area contributed by atoms with Gasteiger partial charge in [-0.05, 0) is 0 Å². The smallest absolute Gasteiger partial charge is 0.217 e. The van der Waals surface area contributed by atoms with Gasteiger partial charge in [0.05, 0.1) is 7.98 Å². The lowest BCUT2D eigenvalue weighted by Crippen LogP contribution is -2.53. The van der Waals surface area contributed by atoms with Gasteiger partial charge in [0.15, 0.2) is 1.41 Å². The third-order valence-corrected chi connectivity index (χ3v) is 1.57. The van der Waals surface area contributed by atoms with Gasteiger partial charge in [-0.2, -0.15) is 0 Å². The van der Waals surface area contributed by atoms with Gasteiger partial charge >= 0.3 is 0 Å². The quantitative estimate of drug-likeness (QED) is 0.302. The van der Waals surface area contributed by atoms with E-state index in [4.69, 9.17) is 14.4 Å². The normalized spacial score (nSPS) is 23.7. The molecule has 0 aromatic rings. The van der Waals surface area contributed by atoms with Crippen molar-refractivity contribution < 1.29 is 34.2 Å². The Hall–Kier alpha value is -1.02. The van der Waals surface area contributed by atoms with Crippen molar-refractivity contribution in [1.82, 2.24) is 5.31 Å². The van der Waals surface area contributed by atoms with Crippen LogP contribution in [0.1, 0.15) is 9.67 Å². The van der Waals surface area contributed by atoms with Crippen LogP contribution in [0, 0.1) is 0 Å². The molecule has 4 atom stereocenters. The molecule has 0 radical (unpaired) electrons. The number of aldehydes is 1. The molecule has 88 valence electrons. The van der Waals surface area contributed by atoms with Gasteiger partial charge in [-0.25, -0.2) is 0 Å². The molecule has 0 unspecified atom stereocenters. The first-order chi connectivity index (χ1) is 8.10. The van der Waals surface area contributed by atoms with Crippen LogP contribution >= 0.6 is 0 Å². The maximum Gasteiger partial charge on any atom is 0.217 e. The van der Waals surface area contributed by atoms with Crippen molar-refractivity contribution in [3.63, 3.8) is 0 Å². The number of hydrogen-bond acceptors (Lipinski definition) is 6. The van der Waals surface area contributed by atoms with Crippen molar-refractivity contribution in [2.45, 2.75) is 31.3 Å². The minimum absolute atomic E-state index is 0.277. The minimum atomic E-state index is -3.10. The van der Waals surface area contributed by atoms with Gasteiger partial charge in [-0.1, -0.05) is 0 Å². The molecule has 0 fully saturated rings. The summed E-state index contributed by atoms with van der Waals surface area (Å²) in [5.41, 5.74) is 0. The Morgan fingerprint density at radius 3 is 2.47 bits per heavy atom. The maximum absolute atomic E-state index is 11.0. The van der Waals surface area contributed by atoms with Crippen molar-refractivity contribution in [3.05, 3.63) is 0 Å². The van der Waals surface area contributed by atoms with Gasteiger partial charge in [-0.15, -0.1) is 0 Å². The third kappa shape index (κ3) is 4.34. The Labute approximate surface area is 90.6 Å². The van der Waals surface area contributed by atoms with Gasteiger partial charge < -0.3 is 30.5 Å². The van der Waals surface area contributed by atoms with E-state index in [2.05, 4.69) is 0 Å². The molecule has 0 spiro atoms. The molecule has 7 nitrogen and oxygen atoms in total. The summed E-state index contributed by atoms with van der Waals surface area (Å²) in [6.07, 6.45) is -8.30. The van der Waals surface area contributed by atoms with E-state index in [0.717, 1.165) is 6.92 Å². The molecule has 15 heavy (non-hydrogen) atoms. The molecule has 0 aromatic carbocycles. The molecule has 5 N–H and O–H groups in total. The van der Waals surface area contributed by atoms with E-state index in [9.17, 15) is 19.8 Å². The second kappa shape index (κ2) is 6.46. The first-order valence-electron chi connectivity index (χ1n) is 5.51. The highest BCUT2D eigenvalue weighted by Gasteiger charge is 2.31. The maximum atomic E-state index is 11.0. The van der Waals surface area contributed by atoms with Crippen LogP contribution in [0.25, 0.3) is 0 Å². The third-order valence-electron chi connectivity index (χ3n) is 1.57. The van der Waals surface area contributed by atoms with E-state index in [1.165, 1.54) is 0 Å². The summed E-state index contributed by atoms with van der Waals surface area (Å²) >= 11 is 0. The zero-order valence-corrected chi connectivity index (χ0v) is 7.99. The number of hydrogen-bond donors (Lipinski definition) is 5. The highest BCUT2D eigenvalue weighted by Crippen LogP contribution is 2.03. The van der Waals surface area contributed by atoms with Crippen LogP contribution in [0.4, 0.5) is 0 Å². The molecular formula is C8H15NO6. The average Bonchev–Trinajstić information content (AvgIpc) is 2.33. The molecule has 1 amide bonds. The molecule has 0 aromatic heterocycles. The molecule has 0 heterocycles. The number of nitrogens with one attached hydrogen (secondary N) is 1. The van der Waals surface area contributed by atoms with Gasteiger partial charge in [0.1, 0.15) is 32.0 Å². The van der Waals surface area contributed by atoms with Gasteiger partial charge in [0.2, 0.25) is 5.91 Å². The van der Waals surface area contributed by atoms with E-state index < -0.39 is 43.1 Å². The summed E-state index contributed by atoms with van der Waals surface area (Å²) in [4.78, 5) is 22.0. The predicted octanol–water partition coefficient (Wildman–Crippen LogP) is -3.24. The van der Waals surface area contributed by atoms with E-state index in [0.29, 0.717) is 0 Å². The summed E-state index contributed by atoms with van der Waals surface area (Å²) in [6, 6.07) is -3.10. The van der Waals surface area contributed by atoms with E-state index >= 15 is 0 Å². The lowest BCUT2D eigenvalue weighted by Gasteiger charge is -2.25. The Morgan fingerprint density at radius 2 is 2.13 bits per heavy atom. The predicted molar refractivity (Wildman–Crippen MR) is 48.8 cm³/mol. The number of amides is 1. The molecule has 0 bridgehead atoms. The number of carbonyl (C=O) groups excluding carboxylic acids is 2. The molecule has 0 saturated heterocycles. The number of aliphatic hydroxyl groups is 4. The lowest BCUT2D eigenvalue weighted by molar-refractivity contribution is -0.129. The fraction of sp³-hybridized carbons (Fsp3) is 0.750. The summed E-state index contributed by atoms with van der Waals surface area (Å²) < 4.78 is 21.5. The van der Waals surface area contributed by atoms with Crippen molar-refractivity contribution in [2.24, 2.45) is 0 Å². The summed E-state index contributed by atoms with van der Waals surface area (Å²) in [5, 5.41) is 36.3. The van der Waals surface area contributed by atoms with Gasteiger partial charge in [0.25, 0.3) is 0 Å². The Bertz CT molecular complexity index is 330. The number of aliphatic hydroxyl groups excluding tert-OH is 4. The van der Waals surface area contributed by atoms with Crippen molar-refractivity contribution in [2.75, 3.05) is 6.61 Å². The molecule has 0 aliphatic carbocycles. The summed E-state index contributed by atoms with van der Waals surface area (Å²) in [6.45, 7) is -0.153. The molecule has 0 rings (SSSR count). The van der Waals surface area contributed by atoms with Crippen LogP contribution < -0.4 is 5.31 Å². The van der Waals surface area contributed by atoms with Crippen molar-refractivity contribution in [1.29, 1.82) is 0 Å². The van der Waals surface area contributed by atoms with Crippen LogP contribution in [-0.2, 0) is 9.59 Å². The van der Waals surface area contributed by atoms with E-state index in [1.54, 1.807) is 0 Å². The molecular weight excluding hydrogens is 206 g/mol. The summed E-state index contributed by atoms with van der Waals surface area (Å²) in [5.74, 6) is -1.12. The van der Waals surface area contributed by atoms with Crippen LogP contribution in [-0.4, -0.2) is 63.5 Å². The second-order valence-electron chi connectivity index (χ2n) is 2.80. The zero-order valence-electron chi connectivity index (χ0n) is 11.0. The largest absolute Gasteiger partial charge is 0.394 e. The Morgan fingerprint density at radius 1 is 1.60 bits per heavy atom. The molecule has 7 heteroatoms. The van der Waals surface area contributed by atoms with Crippen molar-refractivity contribution >= 4 is 12.2 Å². The number of rotatable bonds is 6.